The van der Waals surface area contributed by atoms with E-state index in [0.29, 0.717) is 36.0 Å². The maximum Gasteiger partial charge on any atom is 0.253 e. The van der Waals surface area contributed by atoms with Crippen molar-refractivity contribution in [3.8, 4) is 0 Å². The summed E-state index contributed by atoms with van der Waals surface area (Å²) in [5.74, 6) is 0.325. The van der Waals surface area contributed by atoms with Crippen molar-refractivity contribution in [1.29, 1.82) is 0 Å². The molecular weight excluding hydrogens is 405 g/mol. The predicted molar refractivity (Wildman–Crippen MR) is 92.9 cm³/mol. The number of hydrogen-bond donors (Lipinski definition) is 2. The number of carbonyl (C=O) groups is 1. The highest BCUT2D eigenvalue weighted by Gasteiger charge is 2.18. The Bertz CT molecular complexity index is 535. The van der Waals surface area contributed by atoms with Gasteiger partial charge in [0.2, 0.25) is 0 Å². The maximum atomic E-state index is 12.6. The van der Waals surface area contributed by atoms with Gasteiger partial charge in [0.05, 0.1) is 5.02 Å². The Kier molecular flexibility index (Phi) is 7.24. The van der Waals surface area contributed by atoms with Crippen LogP contribution in [-0.2, 0) is 0 Å². The first kappa shape index (κ1) is 18.0. The Morgan fingerprint density at radius 3 is 2.71 bits per heavy atom. The smallest absolute Gasteiger partial charge is 0.253 e. The van der Waals surface area contributed by atoms with Gasteiger partial charge in [0.15, 0.2) is 0 Å². The summed E-state index contributed by atoms with van der Waals surface area (Å²) in [6, 6.07) is 5.24. The number of carbonyl (C=O) groups excluding carboxylic acids is 1. The molecule has 21 heavy (non-hydrogen) atoms. The van der Waals surface area contributed by atoms with E-state index in [1.807, 2.05) is 19.9 Å². The number of hydrogen-bond acceptors (Lipinski definition) is 3. The quantitative estimate of drug-likeness (QED) is 0.242. The molecule has 0 spiro atoms. The normalized spacial score (nSPS) is 11.8. The molecule has 1 aromatic rings. The zero-order chi connectivity index (χ0) is 16.0. The molecule has 0 aliphatic rings. The molecule has 0 aliphatic heterocycles. The molecule has 0 aliphatic carbocycles. The number of nitrogens with zero attached hydrogens (tertiary/aromatic N) is 2. The lowest BCUT2D eigenvalue weighted by Gasteiger charge is -2.24. The Morgan fingerprint density at radius 1 is 1.52 bits per heavy atom. The second-order valence-electron chi connectivity index (χ2n) is 5.12. The molecule has 1 aromatic carbocycles. The second kappa shape index (κ2) is 8.43. The molecule has 3 N–H and O–H groups in total. The summed E-state index contributed by atoms with van der Waals surface area (Å²) in [6.07, 6.45) is 0.326. The van der Waals surface area contributed by atoms with Gasteiger partial charge < -0.3 is 15.8 Å². The third kappa shape index (κ3) is 5.70. The number of rotatable bonds is 6. The molecule has 0 unspecified atom stereocenters. The number of halogens is 2. The first-order chi connectivity index (χ1) is 9.85. The van der Waals surface area contributed by atoms with Crippen molar-refractivity contribution >= 4 is 45.9 Å². The van der Waals surface area contributed by atoms with Crippen LogP contribution in [0.5, 0.6) is 0 Å². The summed E-state index contributed by atoms with van der Waals surface area (Å²) in [5.41, 5.74) is 6.02. The van der Waals surface area contributed by atoms with Crippen LogP contribution in [0.4, 0.5) is 0 Å². The van der Waals surface area contributed by atoms with Crippen LogP contribution in [-0.4, -0.2) is 34.9 Å². The summed E-state index contributed by atoms with van der Waals surface area (Å²) >= 11 is 8.18. The summed E-state index contributed by atoms with van der Waals surface area (Å²) in [5, 5.41) is 12.1. The van der Waals surface area contributed by atoms with Crippen LogP contribution < -0.4 is 5.73 Å². The van der Waals surface area contributed by atoms with Gasteiger partial charge in [-0.3, -0.25) is 4.79 Å². The lowest BCUT2D eigenvalue weighted by molar-refractivity contribution is 0.0740. The summed E-state index contributed by atoms with van der Waals surface area (Å²) in [6.45, 7) is 5.06. The van der Waals surface area contributed by atoms with Crippen molar-refractivity contribution in [1.82, 2.24) is 4.90 Å². The standard InChI is InChI=1S/C14H19ClIN3O2/c1-9(2)8-19(6-5-13(17)18-21)14(20)10-3-4-12(16)11(15)7-10/h3-4,7,9,21H,5-6,8H2,1-2H3,(H2,17,18). The van der Waals surface area contributed by atoms with E-state index in [9.17, 15) is 4.79 Å². The van der Waals surface area contributed by atoms with E-state index >= 15 is 0 Å². The van der Waals surface area contributed by atoms with Gasteiger partial charge in [-0.1, -0.05) is 30.6 Å². The fraction of sp³-hybridized carbons (Fsp3) is 0.429. The van der Waals surface area contributed by atoms with Crippen molar-refractivity contribution < 1.29 is 10.0 Å². The van der Waals surface area contributed by atoms with E-state index in [1.54, 1.807) is 17.0 Å². The van der Waals surface area contributed by atoms with Crippen LogP contribution in [0.15, 0.2) is 23.4 Å². The minimum atomic E-state index is -0.104. The number of oxime groups is 1. The molecule has 0 aromatic heterocycles. The van der Waals surface area contributed by atoms with Crippen molar-refractivity contribution in [2.24, 2.45) is 16.8 Å². The Balaban J connectivity index is 2.90. The van der Waals surface area contributed by atoms with Gasteiger partial charge in [-0.15, -0.1) is 0 Å². The van der Waals surface area contributed by atoms with Crippen LogP contribution in [0, 0.1) is 9.49 Å². The van der Waals surface area contributed by atoms with Gasteiger partial charge in [0.25, 0.3) is 5.91 Å². The average molecular weight is 424 g/mol. The highest BCUT2D eigenvalue weighted by Crippen LogP contribution is 2.20. The molecule has 0 bridgehead atoms. The van der Waals surface area contributed by atoms with Crippen molar-refractivity contribution in [3.05, 3.63) is 32.4 Å². The molecule has 0 radical (unpaired) electrons. The lowest BCUT2D eigenvalue weighted by Crippen LogP contribution is -2.36. The molecule has 5 nitrogen and oxygen atoms in total. The second-order valence-corrected chi connectivity index (χ2v) is 6.68. The predicted octanol–water partition coefficient (Wildman–Crippen LogP) is 3.18. The van der Waals surface area contributed by atoms with Crippen molar-refractivity contribution in [3.63, 3.8) is 0 Å². The first-order valence-corrected chi connectivity index (χ1v) is 8.01. The maximum absolute atomic E-state index is 12.6. The largest absolute Gasteiger partial charge is 0.409 e. The minimum absolute atomic E-state index is 0.104. The number of amides is 1. The molecule has 0 saturated heterocycles. The van der Waals surface area contributed by atoms with E-state index in [0.717, 1.165) is 3.57 Å². The molecule has 7 heteroatoms. The van der Waals surface area contributed by atoms with E-state index in [1.165, 1.54) is 0 Å². The fourth-order valence-electron chi connectivity index (χ4n) is 1.83. The zero-order valence-corrected chi connectivity index (χ0v) is 14.9. The molecule has 1 rings (SSSR count). The third-order valence-electron chi connectivity index (χ3n) is 2.81. The summed E-state index contributed by atoms with van der Waals surface area (Å²) in [4.78, 5) is 14.3. The Morgan fingerprint density at radius 2 is 2.19 bits per heavy atom. The van der Waals surface area contributed by atoms with Crippen LogP contribution >= 0.6 is 34.2 Å². The molecular formula is C14H19ClIN3O2. The monoisotopic (exact) mass is 423 g/mol. The third-order valence-corrected chi connectivity index (χ3v) is 4.38. The van der Waals surface area contributed by atoms with Crippen LogP contribution in [0.3, 0.4) is 0 Å². The van der Waals surface area contributed by atoms with Gasteiger partial charge >= 0.3 is 0 Å². The number of benzene rings is 1. The molecule has 0 saturated carbocycles. The van der Waals surface area contributed by atoms with Crippen molar-refractivity contribution in [2.75, 3.05) is 13.1 Å². The average Bonchev–Trinajstić information content (AvgIpc) is 2.44. The van der Waals surface area contributed by atoms with E-state index < -0.39 is 0 Å². The highest BCUT2D eigenvalue weighted by molar-refractivity contribution is 14.1. The molecule has 1 amide bonds. The van der Waals surface area contributed by atoms with Crippen LogP contribution in [0.1, 0.15) is 30.6 Å². The summed E-state index contributed by atoms with van der Waals surface area (Å²) < 4.78 is 0.901. The number of amidine groups is 1. The Labute approximate surface area is 143 Å². The van der Waals surface area contributed by atoms with Crippen molar-refractivity contribution in [2.45, 2.75) is 20.3 Å². The Hall–Kier alpha value is -1.02. The highest BCUT2D eigenvalue weighted by atomic mass is 127. The SMILES string of the molecule is CC(C)CN(CC/C(N)=N/O)C(=O)c1ccc(I)c(Cl)c1. The number of nitrogens with two attached hydrogens (primary N) is 1. The summed E-state index contributed by atoms with van der Waals surface area (Å²) in [7, 11) is 0. The zero-order valence-electron chi connectivity index (χ0n) is 12.0. The van der Waals surface area contributed by atoms with E-state index in [4.69, 9.17) is 22.5 Å². The topological polar surface area (TPSA) is 78.9 Å². The van der Waals surface area contributed by atoms with Crippen LogP contribution in [0.25, 0.3) is 0 Å². The van der Waals surface area contributed by atoms with E-state index in [2.05, 4.69) is 27.7 Å². The molecule has 0 fully saturated rings. The minimum Gasteiger partial charge on any atom is -0.409 e. The van der Waals surface area contributed by atoms with Gasteiger partial charge in [0, 0.05) is 28.6 Å². The van der Waals surface area contributed by atoms with Gasteiger partial charge in [-0.25, -0.2) is 0 Å². The molecule has 116 valence electrons. The van der Waals surface area contributed by atoms with Gasteiger partial charge in [-0.05, 0) is 46.7 Å². The van der Waals surface area contributed by atoms with Gasteiger partial charge in [-0.2, -0.15) is 0 Å². The molecule has 0 atom stereocenters. The molecule has 0 heterocycles. The first-order valence-electron chi connectivity index (χ1n) is 6.55. The van der Waals surface area contributed by atoms with Gasteiger partial charge in [0.1, 0.15) is 5.84 Å². The lowest BCUT2D eigenvalue weighted by atomic mass is 10.1. The van der Waals surface area contributed by atoms with Crippen LogP contribution in [0.2, 0.25) is 5.02 Å². The fourth-order valence-corrected chi connectivity index (χ4v) is 2.34. The van der Waals surface area contributed by atoms with E-state index in [-0.39, 0.29) is 11.7 Å².